The lowest BCUT2D eigenvalue weighted by Crippen LogP contribution is -2.09. The van der Waals surface area contributed by atoms with Gasteiger partial charge >= 0.3 is 0 Å². The van der Waals surface area contributed by atoms with Gasteiger partial charge in [0.2, 0.25) is 0 Å². The second kappa shape index (κ2) is 3.34. The second-order valence-corrected chi connectivity index (χ2v) is 2.59. The van der Waals surface area contributed by atoms with E-state index in [4.69, 9.17) is 0 Å². The molecule has 2 rings (SSSR count). The van der Waals surface area contributed by atoms with E-state index in [-0.39, 0.29) is 0 Å². The number of aryl methyl sites for hydroxylation is 1. The molecule has 0 fully saturated rings. The van der Waals surface area contributed by atoms with Crippen LogP contribution >= 0.6 is 0 Å². The minimum Gasteiger partial charge on any atom is -0.249 e. The zero-order valence-electron chi connectivity index (χ0n) is 7.33. The lowest BCUT2D eigenvalue weighted by atomic mass is 10.5. The number of hydrogen-bond donors (Lipinski definition) is 0. The topological polar surface area (TPSA) is 61.4 Å². The van der Waals surface area contributed by atoms with Crippen LogP contribution in [-0.4, -0.2) is 29.8 Å². The van der Waals surface area contributed by atoms with Crippen LogP contribution in [0.2, 0.25) is 0 Å². The van der Waals surface area contributed by atoms with Crippen molar-refractivity contribution in [2.24, 2.45) is 0 Å². The Labute approximate surface area is 75.2 Å². The zero-order valence-corrected chi connectivity index (χ0v) is 7.33. The van der Waals surface area contributed by atoms with Crippen molar-refractivity contribution in [1.82, 2.24) is 29.8 Å². The van der Waals surface area contributed by atoms with E-state index in [1.54, 1.807) is 23.4 Å². The van der Waals surface area contributed by atoms with Crippen molar-refractivity contribution in [3.8, 4) is 0 Å². The fraction of sp³-hybridized carbons (Fsp3) is 0.429. The van der Waals surface area contributed by atoms with Crippen molar-refractivity contribution < 1.29 is 0 Å². The fourth-order valence-electron chi connectivity index (χ4n) is 1.14. The summed E-state index contributed by atoms with van der Waals surface area (Å²) in [7, 11) is 0. The predicted molar refractivity (Wildman–Crippen MR) is 44.8 cm³/mol. The van der Waals surface area contributed by atoms with Gasteiger partial charge in [-0.3, -0.25) is 0 Å². The maximum atomic E-state index is 4.13. The third-order valence-electron chi connectivity index (χ3n) is 1.77. The average molecular weight is 178 g/mol. The van der Waals surface area contributed by atoms with Gasteiger partial charge in [0.05, 0.1) is 6.20 Å². The van der Waals surface area contributed by atoms with E-state index >= 15 is 0 Å². The van der Waals surface area contributed by atoms with Crippen LogP contribution in [0.4, 0.5) is 0 Å². The van der Waals surface area contributed by atoms with Crippen LogP contribution in [0.15, 0.2) is 18.7 Å². The third kappa shape index (κ3) is 1.56. The molecule has 0 aliphatic carbocycles. The van der Waals surface area contributed by atoms with Crippen LogP contribution in [0, 0.1) is 0 Å². The van der Waals surface area contributed by atoms with E-state index in [9.17, 15) is 0 Å². The maximum absolute atomic E-state index is 4.13. The largest absolute Gasteiger partial charge is 0.249 e. The molecule has 0 bridgehead atoms. The van der Waals surface area contributed by atoms with Crippen molar-refractivity contribution in [1.29, 1.82) is 0 Å². The van der Waals surface area contributed by atoms with Gasteiger partial charge in [0, 0.05) is 12.7 Å². The highest BCUT2D eigenvalue weighted by Gasteiger charge is 2.02. The fourth-order valence-corrected chi connectivity index (χ4v) is 1.14. The number of nitrogens with zero attached hydrogens (tertiary/aromatic N) is 6. The molecule has 68 valence electrons. The molecule has 0 aliphatic heterocycles. The second-order valence-electron chi connectivity index (χ2n) is 2.59. The number of hydrogen-bond acceptors (Lipinski definition) is 4. The smallest absolute Gasteiger partial charge is 0.148 e. The first-order chi connectivity index (χ1) is 6.40. The molecule has 0 amide bonds. The minimum absolute atomic E-state index is 0.619. The molecule has 2 heterocycles. The first kappa shape index (κ1) is 7.90. The summed E-state index contributed by atoms with van der Waals surface area (Å²) < 4.78 is 3.55. The molecule has 0 saturated carbocycles. The molecular weight excluding hydrogens is 168 g/mol. The monoisotopic (exact) mass is 178 g/mol. The van der Waals surface area contributed by atoms with E-state index in [1.165, 1.54) is 0 Å². The van der Waals surface area contributed by atoms with Gasteiger partial charge in [-0.15, -0.1) is 5.10 Å². The summed E-state index contributed by atoms with van der Waals surface area (Å²) in [5.74, 6) is 0.896. The van der Waals surface area contributed by atoms with Gasteiger partial charge in [0.25, 0.3) is 0 Å². The number of aromatic nitrogens is 6. The normalized spacial score (nSPS) is 10.5. The Balaban J connectivity index is 2.18. The molecule has 0 aliphatic rings. The standard InChI is InChI=1S/C7H10N6/c1-2-13-7(8-6-10-13)5-12-4-3-9-11-12/h3-4,6H,2,5H2,1H3. The van der Waals surface area contributed by atoms with Gasteiger partial charge in [-0.2, -0.15) is 5.10 Å². The van der Waals surface area contributed by atoms with Crippen molar-refractivity contribution in [2.75, 3.05) is 0 Å². The van der Waals surface area contributed by atoms with Gasteiger partial charge in [-0.1, -0.05) is 5.21 Å². The van der Waals surface area contributed by atoms with Crippen LogP contribution < -0.4 is 0 Å². The van der Waals surface area contributed by atoms with Crippen LogP contribution in [0.1, 0.15) is 12.7 Å². The summed E-state index contributed by atoms with van der Waals surface area (Å²) in [6.45, 7) is 3.47. The van der Waals surface area contributed by atoms with Gasteiger partial charge in [-0.25, -0.2) is 14.3 Å². The van der Waals surface area contributed by atoms with Crippen LogP contribution in [0.25, 0.3) is 0 Å². The van der Waals surface area contributed by atoms with Crippen LogP contribution in [-0.2, 0) is 13.1 Å². The van der Waals surface area contributed by atoms with E-state index in [1.807, 2.05) is 11.6 Å². The van der Waals surface area contributed by atoms with Gasteiger partial charge in [0.15, 0.2) is 0 Å². The Morgan fingerprint density at radius 3 is 3.08 bits per heavy atom. The molecule has 13 heavy (non-hydrogen) atoms. The van der Waals surface area contributed by atoms with Gasteiger partial charge < -0.3 is 0 Å². The molecule has 0 atom stereocenters. The molecule has 0 spiro atoms. The highest BCUT2D eigenvalue weighted by Crippen LogP contribution is 1.96. The maximum Gasteiger partial charge on any atom is 0.148 e. The Hall–Kier alpha value is -1.72. The molecule has 0 aromatic carbocycles. The van der Waals surface area contributed by atoms with E-state index in [0.29, 0.717) is 6.54 Å². The van der Waals surface area contributed by atoms with E-state index in [0.717, 1.165) is 12.4 Å². The van der Waals surface area contributed by atoms with Crippen molar-refractivity contribution in [3.63, 3.8) is 0 Å². The Morgan fingerprint density at radius 2 is 2.38 bits per heavy atom. The third-order valence-corrected chi connectivity index (χ3v) is 1.77. The van der Waals surface area contributed by atoms with Gasteiger partial charge in [-0.05, 0) is 6.92 Å². The predicted octanol–water partition coefficient (Wildman–Crippen LogP) is -0.0622. The molecule has 6 nitrogen and oxygen atoms in total. The summed E-state index contributed by atoms with van der Waals surface area (Å²) >= 11 is 0. The molecular formula is C7H10N6. The molecule has 2 aromatic heterocycles. The molecule has 0 saturated heterocycles. The quantitative estimate of drug-likeness (QED) is 0.660. The van der Waals surface area contributed by atoms with Crippen LogP contribution in [0.3, 0.4) is 0 Å². The Kier molecular flexibility index (Phi) is 2.03. The summed E-state index contributed by atoms with van der Waals surface area (Å²) in [4.78, 5) is 4.13. The zero-order chi connectivity index (χ0) is 9.10. The highest BCUT2D eigenvalue weighted by molar-refractivity contribution is 4.85. The summed E-state index contributed by atoms with van der Waals surface area (Å²) in [6.07, 6.45) is 5.00. The SMILES string of the molecule is CCn1ncnc1Cn1ccnn1. The van der Waals surface area contributed by atoms with E-state index in [2.05, 4.69) is 20.4 Å². The highest BCUT2D eigenvalue weighted by atomic mass is 15.4. The Bertz CT molecular complexity index is 362. The molecule has 0 radical (unpaired) electrons. The average Bonchev–Trinajstić information content (AvgIpc) is 2.76. The molecule has 2 aromatic rings. The van der Waals surface area contributed by atoms with Crippen molar-refractivity contribution >= 4 is 0 Å². The lowest BCUT2D eigenvalue weighted by Gasteiger charge is -2.01. The summed E-state index contributed by atoms with van der Waals surface area (Å²) in [5.41, 5.74) is 0. The lowest BCUT2D eigenvalue weighted by molar-refractivity contribution is 0.557. The van der Waals surface area contributed by atoms with E-state index < -0.39 is 0 Å². The van der Waals surface area contributed by atoms with Gasteiger partial charge in [0.1, 0.15) is 18.7 Å². The molecule has 0 unspecified atom stereocenters. The number of rotatable bonds is 3. The summed E-state index contributed by atoms with van der Waals surface area (Å²) in [6, 6.07) is 0. The minimum atomic E-state index is 0.619. The summed E-state index contributed by atoms with van der Waals surface area (Å²) in [5, 5.41) is 11.6. The van der Waals surface area contributed by atoms with Crippen molar-refractivity contribution in [3.05, 3.63) is 24.5 Å². The first-order valence-electron chi connectivity index (χ1n) is 4.11. The molecule has 0 N–H and O–H groups in total. The van der Waals surface area contributed by atoms with Crippen LogP contribution in [0.5, 0.6) is 0 Å². The Morgan fingerprint density at radius 1 is 1.46 bits per heavy atom. The first-order valence-corrected chi connectivity index (χ1v) is 4.11. The molecule has 6 heteroatoms. The van der Waals surface area contributed by atoms with Crippen molar-refractivity contribution in [2.45, 2.75) is 20.0 Å².